The molecule has 2 aromatic rings. The van der Waals surface area contributed by atoms with Crippen LogP contribution in [-0.4, -0.2) is 10.0 Å². The van der Waals surface area contributed by atoms with Crippen LogP contribution < -0.4 is 5.32 Å². The molecule has 0 saturated carbocycles. The second-order valence-corrected chi connectivity index (χ2v) is 4.67. The number of benzene rings is 2. The minimum atomic E-state index is -0.509. The van der Waals surface area contributed by atoms with Crippen molar-refractivity contribution in [1.82, 2.24) is 0 Å². The molecule has 0 aliphatic carbocycles. The normalized spacial score (nSPS) is 10.3. The van der Waals surface area contributed by atoms with Crippen molar-refractivity contribution in [1.29, 1.82) is 0 Å². The molecule has 0 aliphatic heterocycles. The van der Waals surface area contributed by atoms with Crippen LogP contribution in [0.5, 0.6) is 5.75 Å². The predicted molar refractivity (Wildman–Crippen MR) is 78.0 cm³/mol. The van der Waals surface area contributed by atoms with Crippen LogP contribution in [0.3, 0.4) is 0 Å². The first kappa shape index (κ1) is 13.9. The lowest BCUT2D eigenvalue weighted by atomic mass is 10.0. The fourth-order valence-corrected chi connectivity index (χ4v) is 2.01. The maximum atomic E-state index is 11.0. The Morgan fingerprint density at radius 3 is 2.70 bits per heavy atom. The number of anilines is 1. The standard InChI is InChI=1S/C15H16N2O3/c1-10-4-3-5-12(11(10)2)9-16-14-7-6-13(18)8-15(14)17(19)20/h3-8,16,18H,9H2,1-2H3. The summed E-state index contributed by atoms with van der Waals surface area (Å²) >= 11 is 0. The molecule has 0 spiro atoms. The first-order valence-corrected chi connectivity index (χ1v) is 6.25. The van der Waals surface area contributed by atoms with Gasteiger partial charge in [0.15, 0.2) is 0 Å². The van der Waals surface area contributed by atoms with Crippen molar-refractivity contribution >= 4 is 11.4 Å². The van der Waals surface area contributed by atoms with Gasteiger partial charge in [0.05, 0.1) is 11.0 Å². The van der Waals surface area contributed by atoms with Crippen LogP contribution in [0.2, 0.25) is 0 Å². The predicted octanol–water partition coefficient (Wildman–Crippen LogP) is 3.53. The zero-order valence-electron chi connectivity index (χ0n) is 11.4. The lowest BCUT2D eigenvalue weighted by Crippen LogP contribution is -2.04. The maximum Gasteiger partial charge on any atom is 0.296 e. The number of hydrogen-bond acceptors (Lipinski definition) is 4. The van der Waals surface area contributed by atoms with Gasteiger partial charge in [-0.05, 0) is 42.7 Å². The Labute approximate surface area is 117 Å². The van der Waals surface area contributed by atoms with Crippen LogP contribution in [-0.2, 0) is 6.54 Å². The van der Waals surface area contributed by atoms with E-state index in [9.17, 15) is 15.2 Å². The number of aryl methyl sites for hydroxylation is 1. The van der Waals surface area contributed by atoms with Gasteiger partial charge >= 0.3 is 0 Å². The molecule has 5 nitrogen and oxygen atoms in total. The van der Waals surface area contributed by atoms with Gasteiger partial charge in [-0.3, -0.25) is 10.1 Å². The first-order chi connectivity index (χ1) is 9.49. The van der Waals surface area contributed by atoms with Crippen molar-refractivity contribution < 1.29 is 10.0 Å². The van der Waals surface area contributed by atoms with E-state index in [2.05, 4.69) is 5.32 Å². The smallest absolute Gasteiger partial charge is 0.296 e. The Morgan fingerprint density at radius 2 is 2.00 bits per heavy atom. The van der Waals surface area contributed by atoms with Gasteiger partial charge in [0.25, 0.3) is 5.69 Å². The number of nitrogens with zero attached hydrogens (tertiary/aromatic N) is 1. The molecule has 0 atom stereocenters. The van der Waals surface area contributed by atoms with Gasteiger partial charge < -0.3 is 10.4 Å². The minimum absolute atomic E-state index is 0.117. The highest BCUT2D eigenvalue weighted by molar-refractivity contribution is 5.63. The molecule has 0 aromatic heterocycles. The Balaban J connectivity index is 2.23. The number of rotatable bonds is 4. The molecule has 0 aliphatic rings. The molecule has 0 fully saturated rings. The molecule has 2 N–H and O–H groups in total. The zero-order valence-corrected chi connectivity index (χ0v) is 11.4. The molecular weight excluding hydrogens is 256 g/mol. The molecule has 5 heteroatoms. The highest BCUT2D eigenvalue weighted by atomic mass is 16.6. The summed E-state index contributed by atoms with van der Waals surface area (Å²) in [4.78, 5) is 10.5. The Kier molecular flexibility index (Phi) is 3.89. The monoisotopic (exact) mass is 272 g/mol. The molecule has 0 radical (unpaired) electrons. The molecule has 0 amide bonds. The third-order valence-corrected chi connectivity index (χ3v) is 3.36. The summed E-state index contributed by atoms with van der Waals surface area (Å²) in [7, 11) is 0. The quantitative estimate of drug-likeness (QED) is 0.507. The fourth-order valence-electron chi connectivity index (χ4n) is 2.01. The van der Waals surface area contributed by atoms with Gasteiger partial charge in [0, 0.05) is 6.54 Å². The number of nitrogens with one attached hydrogen (secondary N) is 1. The van der Waals surface area contributed by atoms with Crippen molar-refractivity contribution in [2.24, 2.45) is 0 Å². The summed E-state index contributed by atoms with van der Waals surface area (Å²) in [6.45, 7) is 4.55. The Morgan fingerprint density at radius 1 is 1.25 bits per heavy atom. The summed E-state index contributed by atoms with van der Waals surface area (Å²) in [5.74, 6) is -0.117. The summed E-state index contributed by atoms with van der Waals surface area (Å²) in [5.41, 5.74) is 3.71. The lowest BCUT2D eigenvalue weighted by Gasteiger charge is -2.11. The molecule has 0 saturated heterocycles. The molecule has 2 rings (SSSR count). The third-order valence-electron chi connectivity index (χ3n) is 3.36. The first-order valence-electron chi connectivity index (χ1n) is 6.25. The van der Waals surface area contributed by atoms with E-state index in [1.807, 2.05) is 32.0 Å². The van der Waals surface area contributed by atoms with Crippen LogP contribution >= 0.6 is 0 Å². The van der Waals surface area contributed by atoms with E-state index in [4.69, 9.17) is 0 Å². The second kappa shape index (κ2) is 5.61. The van der Waals surface area contributed by atoms with E-state index in [1.165, 1.54) is 23.3 Å². The number of phenols is 1. The third kappa shape index (κ3) is 2.88. The number of hydrogen-bond donors (Lipinski definition) is 2. The Hall–Kier alpha value is -2.56. The molecule has 0 unspecified atom stereocenters. The van der Waals surface area contributed by atoms with Crippen molar-refractivity contribution in [2.45, 2.75) is 20.4 Å². The van der Waals surface area contributed by atoms with Crippen molar-refractivity contribution in [3.8, 4) is 5.75 Å². The van der Waals surface area contributed by atoms with Crippen molar-refractivity contribution in [3.05, 3.63) is 63.2 Å². The highest BCUT2D eigenvalue weighted by Gasteiger charge is 2.14. The largest absolute Gasteiger partial charge is 0.508 e. The maximum absolute atomic E-state index is 11.0. The number of aromatic hydroxyl groups is 1. The number of phenolic OH excluding ortho intramolecular Hbond substituents is 1. The molecule has 0 heterocycles. The molecule has 2 aromatic carbocycles. The van der Waals surface area contributed by atoms with E-state index in [-0.39, 0.29) is 11.4 Å². The van der Waals surface area contributed by atoms with E-state index >= 15 is 0 Å². The van der Waals surface area contributed by atoms with Gasteiger partial charge in [-0.15, -0.1) is 0 Å². The van der Waals surface area contributed by atoms with Crippen LogP contribution in [0, 0.1) is 24.0 Å². The van der Waals surface area contributed by atoms with Gasteiger partial charge in [-0.1, -0.05) is 18.2 Å². The average Bonchev–Trinajstić information content (AvgIpc) is 2.41. The van der Waals surface area contributed by atoms with E-state index in [0.717, 1.165) is 11.6 Å². The molecular formula is C15H16N2O3. The minimum Gasteiger partial charge on any atom is -0.508 e. The summed E-state index contributed by atoms with van der Waals surface area (Å²) in [5, 5.41) is 23.3. The second-order valence-electron chi connectivity index (χ2n) is 4.67. The zero-order chi connectivity index (χ0) is 14.7. The van der Waals surface area contributed by atoms with Crippen LogP contribution in [0.25, 0.3) is 0 Å². The van der Waals surface area contributed by atoms with Gasteiger partial charge in [-0.2, -0.15) is 0 Å². The van der Waals surface area contributed by atoms with Gasteiger partial charge in [0.2, 0.25) is 0 Å². The topological polar surface area (TPSA) is 75.4 Å². The molecule has 104 valence electrons. The van der Waals surface area contributed by atoms with Crippen molar-refractivity contribution in [3.63, 3.8) is 0 Å². The molecule has 20 heavy (non-hydrogen) atoms. The van der Waals surface area contributed by atoms with Crippen LogP contribution in [0.15, 0.2) is 36.4 Å². The van der Waals surface area contributed by atoms with Crippen LogP contribution in [0.1, 0.15) is 16.7 Å². The molecule has 0 bridgehead atoms. The lowest BCUT2D eigenvalue weighted by molar-refractivity contribution is -0.384. The highest BCUT2D eigenvalue weighted by Crippen LogP contribution is 2.29. The number of nitro groups is 1. The summed E-state index contributed by atoms with van der Waals surface area (Å²) in [6.07, 6.45) is 0. The van der Waals surface area contributed by atoms with Crippen molar-refractivity contribution in [2.75, 3.05) is 5.32 Å². The SMILES string of the molecule is Cc1cccc(CNc2ccc(O)cc2[N+](=O)[O-])c1C. The van der Waals surface area contributed by atoms with Gasteiger partial charge in [-0.25, -0.2) is 0 Å². The van der Waals surface area contributed by atoms with Gasteiger partial charge in [0.1, 0.15) is 11.4 Å². The average molecular weight is 272 g/mol. The number of nitro benzene ring substituents is 1. The van der Waals surface area contributed by atoms with E-state index in [0.29, 0.717) is 12.2 Å². The fraction of sp³-hybridized carbons (Fsp3) is 0.200. The summed E-state index contributed by atoms with van der Waals surface area (Å²) < 4.78 is 0. The summed E-state index contributed by atoms with van der Waals surface area (Å²) in [6, 6.07) is 10.1. The van der Waals surface area contributed by atoms with Crippen LogP contribution in [0.4, 0.5) is 11.4 Å². The Bertz CT molecular complexity index is 654. The van der Waals surface area contributed by atoms with E-state index in [1.54, 1.807) is 0 Å². The van der Waals surface area contributed by atoms with E-state index < -0.39 is 4.92 Å².